The second-order valence-electron chi connectivity index (χ2n) is 6.85. The first-order chi connectivity index (χ1) is 9.62. The van der Waals surface area contributed by atoms with Gasteiger partial charge in [-0.2, -0.15) is 0 Å². The largest absolute Gasteiger partial charge is 0.354 e. The lowest BCUT2D eigenvalue weighted by Gasteiger charge is -2.43. The summed E-state index contributed by atoms with van der Waals surface area (Å²) in [6.45, 7) is 3.03. The molecule has 1 saturated heterocycles. The van der Waals surface area contributed by atoms with Crippen molar-refractivity contribution < 1.29 is 4.79 Å². The highest BCUT2D eigenvalue weighted by Gasteiger charge is 2.34. The van der Waals surface area contributed by atoms with Crippen LogP contribution in [0.25, 0.3) is 0 Å². The Hall–Kier alpha value is -0.320. The smallest absolute Gasteiger partial charge is 0.220 e. The highest BCUT2D eigenvalue weighted by molar-refractivity contribution is 5.85. The highest BCUT2D eigenvalue weighted by Crippen LogP contribution is 2.31. The lowest BCUT2D eigenvalue weighted by atomic mass is 9.80. The van der Waals surface area contributed by atoms with Crippen LogP contribution in [0, 0.1) is 5.92 Å². The summed E-state index contributed by atoms with van der Waals surface area (Å²) in [7, 11) is 4.31. The standard InChI is InChI=1S/C16H31N3O.ClH/c1-19(2)16(9-4-3-5-10-16)13-18-15(20)7-6-14-8-11-17-12-14;/h14,17H,3-13H2,1-2H3,(H,18,20);1H. The van der Waals surface area contributed by atoms with E-state index in [0.717, 1.165) is 26.1 Å². The number of nitrogens with zero attached hydrogens (tertiary/aromatic N) is 1. The molecule has 4 nitrogen and oxygen atoms in total. The van der Waals surface area contributed by atoms with E-state index in [0.29, 0.717) is 12.3 Å². The summed E-state index contributed by atoms with van der Waals surface area (Å²) in [5.41, 5.74) is 0.197. The van der Waals surface area contributed by atoms with E-state index in [-0.39, 0.29) is 23.9 Å². The second kappa shape index (κ2) is 8.96. The van der Waals surface area contributed by atoms with Gasteiger partial charge >= 0.3 is 0 Å². The van der Waals surface area contributed by atoms with Gasteiger partial charge in [-0.25, -0.2) is 0 Å². The number of hydrogen-bond acceptors (Lipinski definition) is 3. The molecule has 21 heavy (non-hydrogen) atoms. The van der Waals surface area contributed by atoms with Crippen molar-refractivity contribution in [2.24, 2.45) is 5.92 Å². The van der Waals surface area contributed by atoms with E-state index >= 15 is 0 Å². The Bertz CT molecular complexity index is 311. The zero-order valence-corrected chi connectivity index (χ0v) is 14.4. The molecule has 1 aliphatic heterocycles. The first kappa shape index (κ1) is 18.7. The van der Waals surface area contributed by atoms with Gasteiger partial charge in [0, 0.05) is 18.5 Å². The highest BCUT2D eigenvalue weighted by atomic mass is 35.5. The molecule has 0 aromatic heterocycles. The van der Waals surface area contributed by atoms with Crippen molar-refractivity contribution >= 4 is 18.3 Å². The average molecular weight is 318 g/mol. The maximum atomic E-state index is 12.1. The fourth-order valence-electron chi connectivity index (χ4n) is 3.64. The summed E-state index contributed by atoms with van der Waals surface area (Å²) < 4.78 is 0. The summed E-state index contributed by atoms with van der Waals surface area (Å²) in [5, 5.41) is 6.56. The topological polar surface area (TPSA) is 44.4 Å². The Labute approximate surface area is 135 Å². The van der Waals surface area contributed by atoms with Gasteiger partial charge in [-0.15, -0.1) is 12.4 Å². The lowest BCUT2D eigenvalue weighted by Crippen LogP contribution is -2.53. The summed E-state index contributed by atoms with van der Waals surface area (Å²) >= 11 is 0. The Morgan fingerprint density at radius 3 is 2.57 bits per heavy atom. The van der Waals surface area contributed by atoms with Crippen molar-refractivity contribution in [2.45, 2.75) is 56.9 Å². The molecule has 1 unspecified atom stereocenters. The molecule has 0 spiro atoms. The van der Waals surface area contributed by atoms with Crippen LogP contribution in [0.15, 0.2) is 0 Å². The normalized spacial score (nSPS) is 24.6. The number of halogens is 1. The molecule has 5 heteroatoms. The first-order valence-electron chi connectivity index (χ1n) is 8.27. The molecule has 1 heterocycles. The second-order valence-corrected chi connectivity index (χ2v) is 6.85. The molecule has 1 aliphatic carbocycles. The minimum absolute atomic E-state index is 0. The summed E-state index contributed by atoms with van der Waals surface area (Å²) in [6, 6.07) is 0. The Morgan fingerprint density at radius 2 is 2.00 bits per heavy atom. The van der Waals surface area contributed by atoms with Gasteiger partial charge in [0.1, 0.15) is 0 Å². The van der Waals surface area contributed by atoms with Crippen molar-refractivity contribution in [3.63, 3.8) is 0 Å². The number of carbonyl (C=O) groups is 1. The van der Waals surface area contributed by atoms with Crippen LogP contribution in [0.5, 0.6) is 0 Å². The van der Waals surface area contributed by atoms with Crippen LogP contribution < -0.4 is 10.6 Å². The molecule has 124 valence electrons. The van der Waals surface area contributed by atoms with E-state index in [1.54, 1.807) is 0 Å². The number of amides is 1. The Morgan fingerprint density at radius 1 is 1.29 bits per heavy atom. The molecular formula is C16H32ClN3O. The first-order valence-corrected chi connectivity index (χ1v) is 8.27. The maximum Gasteiger partial charge on any atom is 0.220 e. The van der Waals surface area contributed by atoms with E-state index < -0.39 is 0 Å². The predicted molar refractivity (Wildman–Crippen MR) is 90.0 cm³/mol. The predicted octanol–water partition coefficient (Wildman–Crippen LogP) is 2.18. The molecule has 0 radical (unpaired) electrons. The van der Waals surface area contributed by atoms with Crippen molar-refractivity contribution in [3.05, 3.63) is 0 Å². The molecule has 2 fully saturated rings. The quantitative estimate of drug-likeness (QED) is 0.789. The average Bonchev–Trinajstić information content (AvgIpc) is 2.97. The molecule has 0 aromatic rings. The van der Waals surface area contributed by atoms with E-state index in [1.807, 2.05) is 0 Å². The summed E-state index contributed by atoms with van der Waals surface area (Å²) in [5.74, 6) is 0.946. The molecule has 0 aromatic carbocycles. The maximum absolute atomic E-state index is 12.1. The summed E-state index contributed by atoms with van der Waals surface area (Å²) in [6.07, 6.45) is 9.32. The van der Waals surface area contributed by atoms with Crippen LogP contribution in [-0.2, 0) is 4.79 Å². The molecule has 2 rings (SSSR count). The van der Waals surface area contributed by atoms with Crippen LogP contribution in [0.2, 0.25) is 0 Å². The number of hydrogen-bond donors (Lipinski definition) is 2. The van der Waals surface area contributed by atoms with E-state index in [2.05, 4.69) is 29.6 Å². The third-order valence-electron chi connectivity index (χ3n) is 5.29. The van der Waals surface area contributed by atoms with Gasteiger partial charge in [0.05, 0.1) is 0 Å². The molecule has 0 bridgehead atoms. The van der Waals surface area contributed by atoms with Crippen molar-refractivity contribution in [3.8, 4) is 0 Å². The lowest BCUT2D eigenvalue weighted by molar-refractivity contribution is -0.122. The molecule has 1 amide bonds. The number of likely N-dealkylation sites (N-methyl/N-ethyl adjacent to an activating group) is 1. The number of carbonyl (C=O) groups excluding carboxylic acids is 1. The van der Waals surface area contributed by atoms with Gasteiger partial charge in [0.25, 0.3) is 0 Å². The van der Waals surface area contributed by atoms with Gasteiger partial charge in [-0.1, -0.05) is 19.3 Å². The molecule has 2 N–H and O–H groups in total. The Balaban J connectivity index is 0.00000220. The SMILES string of the molecule is CN(C)C1(CNC(=O)CCC2CCNC2)CCCCC1.Cl. The van der Waals surface area contributed by atoms with Crippen LogP contribution in [0.3, 0.4) is 0 Å². The van der Waals surface area contributed by atoms with Gasteiger partial charge in [0.2, 0.25) is 5.91 Å². The van der Waals surface area contributed by atoms with Gasteiger partial charge in [0.15, 0.2) is 0 Å². The third kappa shape index (κ3) is 5.42. The molecule has 1 atom stereocenters. The fourth-order valence-corrected chi connectivity index (χ4v) is 3.64. The Kier molecular flexibility index (Phi) is 7.99. The van der Waals surface area contributed by atoms with Gasteiger partial charge < -0.3 is 15.5 Å². The minimum Gasteiger partial charge on any atom is -0.354 e. The van der Waals surface area contributed by atoms with Crippen LogP contribution in [0.4, 0.5) is 0 Å². The van der Waals surface area contributed by atoms with Gasteiger partial charge in [-0.3, -0.25) is 4.79 Å². The van der Waals surface area contributed by atoms with E-state index in [1.165, 1.54) is 38.5 Å². The third-order valence-corrected chi connectivity index (χ3v) is 5.29. The number of rotatable bonds is 6. The zero-order chi connectivity index (χ0) is 14.4. The van der Waals surface area contributed by atoms with E-state index in [9.17, 15) is 4.79 Å². The van der Waals surface area contributed by atoms with Crippen molar-refractivity contribution in [1.29, 1.82) is 0 Å². The monoisotopic (exact) mass is 317 g/mol. The van der Waals surface area contributed by atoms with Crippen molar-refractivity contribution in [2.75, 3.05) is 33.7 Å². The fraction of sp³-hybridized carbons (Fsp3) is 0.938. The molecule has 1 saturated carbocycles. The molecule has 2 aliphatic rings. The van der Waals surface area contributed by atoms with Crippen molar-refractivity contribution in [1.82, 2.24) is 15.5 Å². The van der Waals surface area contributed by atoms with Crippen LogP contribution in [-0.4, -0.2) is 50.1 Å². The van der Waals surface area contributed by atoms with E-state index in [4.69, 9.17) is 0 Å². The molecular weight excluding hydrogens is 286 g/mol. The zero-order valence-electron chi connectivity index (χ0n) is 13.6. The van der Waals surface area contributed by atoms with Gasteiger partial charge in [-0.05, 0) is 58.8 Å². The van der Waals surface area contributed by atoms with Crippen LogP contribution in [0.1, 0.15) is 51.4 Å². The van der Waals surface area contributed by atoms with Crippen LogP contribution >= 0.6 is 12.4 Å². The minimum atomic E-state index is 0. The summed E-state index contributed by atoms with van der Waals surface area (Å²) in [4.78, 5) is 14.4. The number of nitrogens with one attached hydrogen (secondary N) is 2.